The van der Waals surface area contributed by atoms with Gasteiger partial charge < -0.3 is 9.30 Å². The molecule has 1 amide bonds. The second-order valence-electron chi connectivity index (χ2n) is 4.88. The van der Waals surface area contributed by atoms with Crippen molar-refractivity contribution in [3.8, 4) is 0 Å². The zero-order valence-corrected chi connectivity index (χ0v) is 11.0. The van der Waals surface area contributed by atoms with Gasteiger partial charge in [-0.15, -0.1) is 0 Å². The van der Waals surface area contributed by atoms with Gasteiger partial charge in [0.05, 0.1) is 18.4 Å². The topological polar surface area (TPSA) is 37.6 Å². The van der Waals surface area contributed by atoms with Crippen LogP contribution in [0.4, 0.5) is 0 Å². The number of amides is 1. The third-order valence-corrected chi connectivity index (χ3v) is 3.41. The fourth-order valence-electron chi connectivity index (χ4n) is 2.29. The molecule has 0 radical (unpaired) electrons. The van der Waals surface area contributed by atoms with Crippen LogP contribution in [0.25, 0.3) is 5.65 Å². The number of carbonyl (C=O) groups is 1. The molecule has 0 aliphatic heterocycles. The van der Waals surface area contributed by atoms with Crippen LogP contribution in [0.15, 0.2) is 42.7 Å². The lowest BCUT2D eigenvalue weighted by Crippen LogP contribution is -2.31. The Kier molecular flexibility index (Phi) is 3.07. The molecule has 0 unspecified atom stereocenters. The van der Waals surface area contributed by atoms with E-state index in [0.717, 1.165) is 24.2 Å². The summed E-state index contributed by atoms with van der Waals surface area (Å²) in [5.74, 6) is 0.0934. The Bertz CT molecular complexity index is 625. The number of fused-ring (bicyclic) bond motifs is 1. The summed E-state index contributed by atoms with van der Waals surface area (Å²) in [5.41, 5.74) is 1.98. The van der Waals surface area contributed by atoms with Crippen molar-refractivity contribution in [3.63, 3.8) is 0 Å². The summed E-state index contributed by atoms with van der Waals surface area (Å²) in [5, 5.41) is 0. The SMILES string of the molecule is CC=CC(=O)N(Cc1cnc2ccccn12)C1CC1. The highest BCUT2D eigenvalue weighted by Gasteiger charge is 2.31. The van der Waals surface area contributed by atoms with Gasteiger partial charge in [-0.3, -0.25) is 4.79 Å². The summed E-state index contributed by atoms with van der Waals surface area (Å²) in [6, 6.07) is 6.32. The van der Waals surface area contributed by atoms with E-state index >= 15 is 0 Å². The van der Waals surface area contributed by atoms with Crippen molar-refractivity contribution in [2.24, 2.45) is 0 Å². The third kappa shape index (κ3) is 2.38. The molecule has 2 aromatic rings. The number of hydrogen-bond donors (Lipinski definition) is 0. The smallest absolute Gasteiger partial charge is 0.246 e. The van der Waals surface area contributed by atoms with E-state index in [1.54, 1.807) is 12.2 Å². The molecule has 98 valence electrons. The second kappa shape index (κ2) is 4.88. The fraction of sp³-hybridized carbons (Fsp3) is 0.333. The van der Waals surface area contributed by atoms with E-state index in [9.17, 15) is 4.79 Å². The molecule has 4 nitrogen and oxygen atoms in total. The van der Waals surface area contributed by atoms with Gasteiger partial charge in [0.15, 0.2) is 0 Å². The van der Waals surface area contributed by atoms with Gasteiger partial charge in [-0.1, -0.05) is 12.1 Å². The van der Waals surface area contributed by atoms with E-state index in [1.807, 2.05) is 46.8 Å². The molecule has 1 aliphatic carbocycles. The van der Waals surface area contributed by atoms with Crippen LogP contribution in [0, 0.1) is 0 Å². The number of nitrogens with zero attached hydrogens (tertiary/aromatic N) is 3. The molecule has 1 saturated carbocycles. The van der Waals surface area contributed by atoms with Gasteiger partial charge >= 0.3 is 0 Å². The lowest BCUT2D eigenvalue weighted by molar-refractivity contribution is -0.127. The first-order chi connectivity index (χ1) is 9.29. The molecule has 1 aliphatic rings. The molecular formula is C15H17N3O. The number of aromatic nitrogens is 2. The van der Waals surface area contributed by atoms with Crippen LogP contribution in [0.3, 0.4) is 0 Å². The van der Waals surface area contributed by atoms with Gasteiger partial charge in [-0.2, -0.15) is 0 Å². The molecule has 0 spiro atoms. The predicted octanol–water partition coefficient (Wildman–Crippen LogP) is 2.40. The molecule has 2 aromatic heterocycles. The fourth-order valence-corrected chi connectivity index (χ4v) is 2.29. The van der Waals surface area contributed by atoms with Crippen LogP contribution >= 0.6 is 0 Å². The number of carbonyl (C=O) groups excluding carboxylic acids is 1. The maximum atomic E-state index is 12.1. The van der Waals surface area contributed by atoms with Crippen LogP contribution in [-0.4, -0.2) is 26.2 Å². The first-order valence-corrected chi connectivity index (χ1v) is 6.64. The lowest BCUT2D eigenvalue weighted by Gasteiger charge is -2.20. The summed E-state index contributed by atoms with van der Waals surface area (Å²) >= 11 is 0. The number of imidazole rings is 1. The molecule has 0 N–H and O–H groups in total. The van der Waals surface area contributed by atoms with Crippen molar-refractivity contribution < 1.29 is 4.79 Å². The van der Waals surface area contributed by atoms with Crippen LogP contribution in [-0.2, 0) is 11.3 Å². The highest BCUT2D eigenvalue weighted by Crippen LogP contribution is 2.28. The van der Waals surface area contributed by atoms with Crippen molar-refractivity contribution in [2.45, 2.75) is 32.4 Å². The van der Waals surface area contributed by atoms with Crippen LogP contribution in [0.1, 0.15) is 25.5 Å². The summed E-state index contributed by atoms with van der Waals surface area (Å²) in [6.07, 6.45) is 9.50. The average molecular weight is 255 g/mol. The second-order valence-corrected chi connectivity index (χ2v) is 4.88. The summed E-state index contributed by atoms with van der Waals surface area (Å²) in [7, 11) is 0. The van der Waals surface area contributed by atoms with Gasteiger partial charge in [-0.25, -0.2) is 4.98 Å². The summed E-state index contributed by atoms with van der Waals surface area (Å²) in [6.45, 7) is 2.50. The van der Waals surface area contributed by atoms with Gasteiger partial charge in [0.1, 0.15) is 5.65 Å². The minimum absolute atomic E-state index is 0.0934. The predicted molar refractivity (Wildman–Crippen MR) is 73.6 cm³/mol. The van der Waals surface area contributed by atoms with E-state index in [4.69, 9.17) is 0 Å². The van der Waals surface area contributed by atoms with E-state index in [0.29, 0.717) is 12.6 Å². The Morgan fingerprint density at radius 1 is 1.53 bits per heavy atom. The van der Waals surface area contributed by atoms with E-state index in [-0.39, 0.29) is 5.91 Å². The number of hydrogen-bond acceptors (Lipinski definition) is 2. The molecule has 3 rings (SSSR count). The van der Waals surface area contributed by atoms with Crippen LogP contribution in [0.5, 0.6) is 0 Å². The van der Waals surface area contributed by atoms with Crippen molar-refractivity contribution in [1.82, 2.24) is 14.3 Å². The van der Waals surface area contributed by atoms with E-state index in [2.05, 4.69) is 4.98 Å². The normalized spacial score (nSPS) is 15.2. The molecule has 0 saturated heterocycles. The molecule has 0 bridgehead atoms. The maximum absolute atomic E-state index is 12.1. The van der Waals surface area contributed by atoms with Crippen molar-refractivity contribution in [1.29, 1.82) is 0 Å². The van der Waals surface area contributed by atoms with Crippen molar-refractivity contribution in [3.05, 3.63) is 48.4 Å². The Morgan fingerprint density at radius 3 is 3.11 bits per heavy atom. The Labute approximate surface area is 112 Å². The highest BCUT2D eigenvalue weighted by molar-refractivity contribution is 5.88. The van der Waals surface area contributed by atoms with E-state index < -0.39 is 0 Å². The summed E-state index contributed by atoms with van der Waals surface area (Å²) in [4.78, 5) is 18.4. The number of rotatable bonds is 4. The van der Waals surface area contributed by atoms with Crippen molar-refractivity contribution in [2.75, 3.05) is 0 Å². The van der Waals surface area contributed by atoms with Gasteiger partial charge in [0, 0.05) is 12.2 Å². The molecule has 1 fully saturated rings. The Hall–Kier alpha value is -2.10. The van der Waals surface area contributed by atoms with Gasteiger partial charge in [-0.05, 0) is 38.0 Å². The molecule has 4 heteroatoms. The van der Waals surface area contributed by atoms with Crippen LogP contribution < -0.4 is 0 Å². The Morgan fingerprint density at radius 2 is 2.37 bits per heavy atom. The molecule has 19 heavy (non-hydrogen) atoms. The largest absolute Gasteiger partial charge is 0.330 e. The zero-order valence-electron chi connectivity index (χ0n) is 11.0. The summed E-state index contributed by atoms with van der Waals surface area (Å²) < 4.78 is 2.04. The third-order valence-electron chi connectivity index (χ3n) is 3.41. The molecule has 0 aromatic carbocycles. The van der Waals surface area contributed by atoms with E-state index in [1.165, 1.54) is 0 Å². The lowest BCUT2D eigenvalue weighted by atomic mass is 10.3. The van der Waals surface area contributed by atoms with Crippen LogP contribution in [0.2, 0.25) is 0 Å². The zero-order chi connectivity index (χ0) is 13.2. The standard InChI is InChI=1S/C15H17N3O/c1-2-5-15(19)18(12-7-8-12)11-13-10-16-14-6-3-4-9-17(13)14/h2-6,9-10,12H,7-8,11H2,1H3. The average Bonchev–Trinajstić information content (AvgIpc) is 3.18. The molecule has 2 heterocycles. The number of allylic oxidation sites excluding steroid dienone is 1. The maximum Gasteiger partial charge on any atom is 0.246 e. The van der Waals surface area contributed by atoms with Gasteiger partial charge in [0.25, 0.3) is 0 Å². The quantitative estimate of drug-likeness (QED) is 0.787. The monoisotopic (exact) mass is 255 g/mol. The minimum Gasteiger partial charge on any atom is -0.330 e. The highest BCUT2D eigenvalue weighted by atomic mass is 16.2. The molecular weight excluding hydrogens is 238 g/mol. The first kappa shape index (κ1) is 12.0. The first-order valence-electron chi connectivity index (χ1n) is 6.64. The molecule has 0 atom stereocenters. The van der Waals surface area contributed by atoms with Crippen molar-refractivity contribution >= 4 is 11.6 Å². The minimum atomic E-state index is 0.0934. The Balaban J connectivity index is 1.87. The van der Waals surface area contributed by atoms with Gasteiger partial charge in [0.2, 0.25) is 5.91 Å². The number of pyridine rings is 1.